The summed E-state index contributed by atoms with van der Waals surface area (Å²) in [5.74, 6) is 1.45. The van der Waals surface area contributed by atoms with Crippen molar-refractivity contribution in [2.45, 2.75) is 57.8 Å². The number of likely N-dealkylation sites (tertiary alicyclic amines) is 1. The third-order valence-electron chi connectivity index (χ3n) is 5.10. The second-order valence-electron chi connectivity index (χ2n) is 6.78. The van der Waals surface area contributed by atoms with Gasteiger partial charge in [-0.1, -0.05) is 25.7 Å². The summed E-state index contributed by atoms with van der Waals surface area (Å²) >= 11 is 0. The lowest BCUT2D eigenvalue weighted by Crippen LogP contribution is -2.33. The van der Waals surface area contributed by atoms with Gasteiger partial charge in [0.05, 0.1) is 0 Å². The van der Waals surface area contributed by atoms with Gasteiger partial charge in [0, 0.05) is 32.6 Å². The number of rotatable bonds is 7. The van der Waals surface area contributed by atoms with Crippen LogP contribution in [0.5, 0.6) is 0 Å². The SMILES string of the molecule is CNC(=O)NCCCCCC1CCN(C(=O)C2CCCC2)C1. The van der Waals surface area contributed by atoms with Gasteiger partial charge in [-0.2, -0.15) is 0 Å². The lowest BCUT2D eigenvalue weighted by Gasteiger charge is -2.20. The van der Waals surface area contributed by atoms with Crippen LogP contribution in [-0.2, 0) is 4.79 Å². The Hall–Kier alpha value is -1.26. The number of urea groups is 1. The maximum absolute atomic E-state index is 12.4. The topological polar surface area (TPSA) is 61.4 Å². The number of carbonyl (C=O) groups excluding carboxylic acids is 2. The number of unbranched alkanes of at least 4 members (excludes halogenated alkanes) is 2. The summed E-state index contributed by atoms with van der Waals surface area (Å²) in [6, 6.07) is -0.100. The summed E-state index contributed by atoms with van der Waals surface area (Å²) in [5.41, 5.74) is 0. The summed E-state index contributed by atoms with van der Waals surface area (Å²) in [5, 5.41) is 5.36. The minimum Gasteiger partial charge on any atom is -0.342 e. The lowest BCUT2D eigenvalue weighted by molar-refractivity contribution is -0.134. The Balaban J connectivity index is 1.53. The summed E-state index contributed by atoms with van der Waals surface area (Å²) < 4.78 is 0. The van der Waals surface area contributed by atoms with Crippen molar-refractivity contribution in [3.05, 3.63) is 0 Å². The minimum atomic E-state index is -0.100. The van der Waals surface area contributed by atoms with Gasteiger partial charge in [0.25, 0.3) is 0 Å². The molecule has 0 aromatic rings. The van der Waals surface area contributed by atoms with E-state index in [0.29, 0.717) is 17.7 Å². The van der Waals surface area contributed by atoms with Crippen molar-refractivity contribution >= 4 is 11.9 Å². The van der Waals surface area contributed by atoms with Gasteiger partial charge in [0.15, 0.2) is 0 Å². The van der Waals surface area contributed by atoms with E-state index in [9.17, 15) is 9.59 Å². The van der Waals surface area contributed by atoms with Crippen molar-refractivity contribution in [3.63, 3.8) is 0 Å². The molecule has 3 amide bonds. The van der Waals surface area contributed by atoms with E-state index in [2.05, 4.69) is 15.5 Å². The summed E-state index contributed by atoms with van der Waals surface area (Å²) in [7, 11) is 1.63. The molecule has 1 heterocycles. The fraction of sp³-hybridized carbons (Fsp3) is 0.882. The smallest absolute Gasteiger partial charge is 0.314 e. The zero-order valence-electron chi connectivity index (χ0n) is 13.9. The maximum Gasteiger partial charge on any atom is 0.314 e. The van der Waals surface area contributed by atoms with Crippen LogP contribution in [0.25, 0.3) is 0 Å². The molecular weight excluding hydrogens is 278 g/mol. The second kappa shape index (κ2) is 9.01. The highest BCUT2D eigenvalue weighted by Crippen LogP contribution is 2.30. The van der Waals surface area contributed by atoms with Crippen LogP contribution in [0, 0.1) is 11.8 Å². The molecule has 0 aromatic carbocycles. The van der Waals surface area contributed by atoms with E-state index >= 15 is 0 Å². The third-order valence-corrected chi connectivity index (χ3v) is 5.10. The Morgan fingerprint density at radius 2 is 1.86 bits per heavy atom. The van der Waals surface area contributed by atoms with Crippen molar-refractivity contribution in [2.75, 3.05) is 26.7 Å². The maximum atomic E-state index is 12.4. The summed E-state index contributed by atoms with van der Waals surface area (Å²) in [6.07, 6.45) is 10.5. The van der Waals surface area contributed by atoms with Crippen LogP contribution in [0.15, 0.2) is 0 Å². The first-order valence-electron chi connectivity index (χ1n) is 8.95. The quantitative estimate of drug-likeness (QED) is 0.710. The molecule has 5 nitrogen and oxygen atoms in total. The number of nitrogens with zero attached hydrogens (tertiary/aromatic N) is 1. The molecule has 1 saturated carbocycles. The Labute approximate surface area is 134 Å². The van der Waals surface area contributed by atoms with Crippen molar-refractivity contribution in [2.24, 2.45) is 11.8 Å². The number of carbonyl (C=O) groups is 2. The molecule has 22 heavy (non-hydrogen) atoms. The first-order valence-corrected chi connectivity index (χ1v) is 8.95. The average Bonchev–Trinajstić information content (AvgIpc) is 3.21. The molecule has 2 N–H and O–H groups in total. The fourth-order valence-electron chi connectivity index (χ4n) is 3.72. The average molecular weight is 309 g/mol. The monoisotopic (exact) mass is 309 g/mol. The van der Waals surface area contributed by atoms with Gasteiger partial charge in [0.2, 0.25) is 5.91 Å². The number of amides is 3. The molecule has 0 bridgehead atoms. The van der Waals surface area contributed by atoms with Gasteiger partial charge in [-0.25, -0.2) is 4.79 Å². The Bertz CT molecular complexity index is 367. The number of nitrogens with one attached hydrogen (secondary N) is 2. The second-order valence-corrected chi connectivity index (χ2v) is 6.78. The van der Waals surface area contributed by atoms with Crippen LogP contribution in [0.4, 0.5) is 4.79 Å². The molecule has 5 heteroatoms. The zero-order valence-corrected chi connectivity index (χ0v) is 13.9. The standard InChI is InChI=1S/C17H31N3O2/c1-18-17(22)19-11-6-2-3-7-14-10-12-20(13-14)16(21)15-8-4-5-9-15/h14-15H,2-13H2,1H3,(H2,18,19,22). The Kier molecular flexibility index (Phi) is 7.00. The van der Waals surface area contributed by atoms with E-state index in [1.54, 1.807) is 7.05 Å². The molecule has 0 spiro atoms. The number of hydrogen-bond donors (Lipinski definition) is 2. The molecule has 1 atom stereocenters. The van der Waals surface area contributed by atoms with Gasteiger partial charge < -0.3 is 15.5 Å². The van der Waals surface area contributed by atoms with E-state index in [4.69, 9.17) is 0 Å². The first kappa shape index (κ1) is 17.1. The molecule has 0 aromatic heterocycles. The van der Waals surface area contributed by atoms with Crippen LogP contribution in [0.3, 0.4) is 0 Å². The molecule has 126 valence electrons. The zero-order chi connectivity index (χ0) is 15.8. The summed E-state index contributed by atoms with van der Waals surface area (Å²) in [4.78, 5) is 25.5. The third kappa shape index (κ3) is 5.18. The molecule has 0 radical (unpaired) electrons. The van der Waals surface area contributed by atoms with E-state index in [-0.39, 0.29) is 6.03 Å². The van der Waals surface area contributed by atoms with Crippen LogP contribution < -0.4 is 10.6 Å². The van der Waals surface area contributed by atoms with E-state index in [1.165, 1.54) is 32.1 Å². The predicted molar refractivity (Wildman–Crippen MR) is 87.6 cm³/mol. The van der Waals surface area contributed by atoms with Crippen LogP contribution >= 0.6 is 0 Å². The molecule has 2 rings (SSSR count). The summed E-state index contributed by atoms with van der Waals surface area (Å²) in [6.45, 7) is 2.70. The van der Waals surface area contributed by atoms with Gasteiger partial charge in [-0.15, -0.1) is 0 Å². The van der Waals surface area contributed by atoms with Crippen LogP contribution in [0.1, 0.15) is 57.8 Å². The minimum absolute atomic E-state index is 0.100. The highest BCUT2D eigenvalue weighted by Gasteiger charge is 2.31. The largest absolute Gasteiger partial charge is 0.342 e. The lowest BCUT2D eigenvalue weighted by atomic mass is 10.0. The van der Waals surface area contributed by atoms with Crippen molar-refractivity contribution in [1.82, 2.24) is 15.5 Å². The first-order chi connectivity index (χ1) is 10.7. The van der Waals surface area contributed by atoms with Crippen molar-refractivity contribution < 1.29 is 9.59 Å². The highest BCUT2D eigenvalue weighted by atomic mass is 16.2. The number of hydrogen-bond acceptors (Lipinski definition) is 2. The van der Waals surface area contributed by atoms with E-state index < -0.39 is 0 Å². The molecule has 1 aliphatic heterocycles. The van der Waals surface area contributed by atoms with Crippen LogP contribution in [0.2, 0.25) is 0 Å². The van der Waals surface area contributed by atoms with Crippen molar-refractivity contribution in [3.8, 4) is 0 Å². The molecule has 2 aliphatic rings. The van der Waals surface area contributed by atoms with Gasteiger partial charge in [0.1, 0.15) is 0 Å². The normalized spacial score (nSPS) is 22.0. The predicted octanol–water partition coefficient (Wildman–Crippen LogP) is 2.51. The molecule has 1 unspecified atom stereocenters. The van der Waals surface area contributed by atoms with Crippen molar-refractivity contribution in [1.29, 1.82) is 0 Å². The van der Waals surface area contributed by atoms with Gasteiger partial charge >= 0.3 is 6.03 Å². The molecule has 1 saturated heterocycles. The van der Waals surface area contributed by atoms with E-state index in [0.717, 1.165) is 45.3 Å². The fourth-order valence-corrected chi connectivity index (χ4v) is 3.72. The molecule has 1 aliphatic carbocycles. The molecule has 2 fully saturated rings. The Morgan fingerprint density at radius 3 is 2.59 bits per heavy atom. The molecular formula is C17H31N3O2. The Morgan fingerprint density at radius 1 is 1.09 bits per heavy atom. The van der Waals surface area contributed by atoms with Gasteiger partial charge in [-0.3, -0.25) is 4.79 Å². The van der Waals surface area contributed by atoms with Crippen LogP contribution in [-0.4, -0.2) is 43.5 Å². The van der Waals surface area contributed by atoms with E-state index in [1.807, 2.05) is 0 Å². The highest BCUT2D eigenvalue weighted by molar-refractivity contribution is 5.79. The van der Waals surface area contributed by atoms with Gasteiger partial charge in [-0.05, 0) is 38.0 Å².